The van der Waals surface area contributed by atoms with Gasteiger partial charge in [-0.25, -0.2) is 0 Å². The van der Waals surface area contributed by atoms with E-state index in [-0.39, 0.29) is 6.67 Å². The fourth-order valence-electron chi connectivity index (χ4n) is 1.99. The number of rotatable bonds is 6. The third kappa shape index (κ3) is 4.38. The van der Waals surface area contributed by atoms with Crippen molar-refractivity contribution in [1.82, 2.24) is 10.2 Å². The molecule has 0 aromatic carbocycles. The third-order valence-corrected chi connectivity index (χ3v) is 2.94. The van der Waals surface area contributed by atoms with E-state index in [1.807, 2.05) is 0 Å². The minimum Gasteiger partial charge on any atom is -0.315 e. The molecule has 14 heavy (non-hydrogen) atoms. The molecular weight excluding hydrogens is 179 g/mol. The van der Waals surface area contributed by atoms with Crippen molar-refractivity contribution in [2.75, 3.05) is 32.9 Å². The molecule has 0 aromatic heterocycles. The summed E-state index contributed by atoms with van der Waals surface area (Å²) in [6.45, 7) is 6.35. The molecule has 1 N–H and O–H groups in total. The highest BCUT2D eigenvalue weighted by atomic mass is 19.1. The summed E-state index contributed by atoms with van der Waals surface area (Å²) >= 11 is 0. The van der Waals surface area contributed by atoms with E-state index >= 15 is 0 Å². The molecule has 0 aromatic rings. The molecule has 1 fully saturated rings. The normalized spacial score (nSPS) is 21.0. The molecular formula is C11H23FN2. The minimum absolute atomic E-state index is 0.203. The number of hydrogen-bond donors (Lipinski definition) is 1. The van der Waals surface area contributed by atoms with Crippen molar-refractivity contribution < 1.29 is 4.39 Å². The first-order valence-electron chi connectivity index (χ1n) is 5.85. The van der Waals surface area contributed by atoms with E-state index in [4.69, 9.17) is 0 Å². The Morgan fingerprint density at radius 3 is 2.64 bits per heavy atom. The Morgan fingerprint density at radius 1 is 1.29 bits per heavy atom. The van der Waals surface area contributed by atoms with E-state index in [1.54, 1.807) is 0 Å². The zero-order chi connectivity index (χ0) is 10.2. The van der Waals surface area contributed by atoms with E-state index in [2.05, 4.69) is 17.1 Å². The number of alkyl halides is 1. The van der Waals surface area contributed by atoms with Crippen LogP contribution < -0.4 is 5.32 Å². The van der Waals surface area contributed by atoms with Crippen LogP contribution in [0.25, 0.3) is 0 Å². The SMILES string of the molecule is CC(CNCCCF)N1CCCCC1. The van der Waals surface area contributed by atoms with Crippen molar-refractivity contribution >= 4 is 0 Å². The Morgan fingerprint density at radius 2 is 2.00 bits per heavy atom. The van der Waals surface area contributed by atoms with E-state index < -0.39 is 0 Å². The first-order valence-corrected chi connectivity index (χ1v) is 5.85. The molecule has 2 nitrogen and oxygen atoms in total. The Hall–Kier alpha value is -0.150. The maximum atomic E-state index is 11.8. The lowest BCUT2D eigenvalue weighted by Crippen LogP contribution is -2.43. The van der Waals surface area contributed by atoms with Gasteiger partial charge < -0.3 is 5.32 Å². The van der Waals surface area contributed by atoms with Gasteiger partial charge in [-0.1, -0.05) is 6.42 Å². The van der Waals surface area contributed by atoms with Crippen LogP contribution in [-0.2, 0) is 0 Å². The molecule has 1 saturated heterocycles. The van der Waals surface area contributed by atoms with Crippen LogP contribution >= 0.6 is 0 Å². The quantitative estimate of drug-likeness (QED) is 0.661. The zero-order valence-electron chi connectivity index (χ0n) is 9.27. The lowest BCUT2D eigenvalue weighted by atomic mass is 10.1. The molecule has 0 bridgehead atoms. The van der Waals surface area contributed by atoms with E-state index in [9.17, 15) is 4.39 Å². The molecule has 0 spiro atoms. The molecule has 1 rings (SSSR count). The van der Waals surface area contributed by atoms with Gasteiger partial charge >= 0.3 is 0 Å². The van der Waals surface area contributed by atoms with Gasteiger partial charge in [0.25, 0.3) is 0 Å². The molecule has 3 heteroatoms. The molecule has 0 amide bonds. The van der Waals surface area contributed by atoms with E-state index in [0.29, 0.717) is 12.5 Å². The maximum Gasteiger partial charge on any atom is 0.0906 e. The summed E-state index contributed by atoms with van der Waals surface area (Å²) in [6, 6.07) is 0.606. The second kappa shape index (κ2) is 7.18. The fraction of sp³-hybridized carbons (Fsp3) is 1.00. The summed E-state index contributed by atoms with van der Waals surface area (Å²) in [5.41, 5.74) is 0. The second-order valence-corrected chi connectivity index (χ2v) is 4.19. The summed E-state index contributed by atoms with van der Waals surface area (Å²) < 4.78 is 11.8. The summed E-state index contributed by atoms with van der Waals surface area (Å²) in [5.74, 6) is 0. The van der Waals surface area contributed by atoms with Crippen molar-refractivity contribution in [3.05, 3.63) is 0 Å². The molecule has 0 saturated carbocycles. The predicted octanol–water partition coefficient (Wildman–Crippen LogP) is 1.81. The van der Waals surface area contributed by atoms with Crippen LogP contribution in [0.5, 0.6) is 0 Å². The average molecular weight is 202 g/mol. The number of nitrogens with one attached hydrogen (secondary N) is 1. The highest BCUT2D eigenvalue weighted by Crippen LogP contribution is 2.11. The highest BCUT2D eigenvalue weighted by Gasteiger charge is 2.15. The van der Waals surface area contributed by atoms with Gasteiger partial charge in [-0.3, -0.25) is 9.29 Å². The maximum absolute atomic E-state index is 11.8. The summed E-state index contributed by atoms with van der Waals surface area (Å²) in [4.78, 5) is 2.53. The molecule has 1 atom stereocenters. The predicted molar refractivity (Wildman–Crippen MR) is 58.3 cm³/mol. The van der Waals surface area contributed by atoms with E-state index in [0.717, 1.165) is 13.1 Å². The van der Waals surface area contributed by atoms with Gasteiger partial charge in [0.05, 0.1) is 6.67 Å². The van der Waals surface area contributed by atoms with Crippen molar-refractivity contribution in [3.63, 3.8) is 0 Å². The van der Waals surface area contributed by atoms with Crippen molar-refractivity contribution in [3.8, 4) is 0 Å². The lowest BCUT2D eigenvalue weighted by molar-refractivity contribution is 0.171. The topological polar surface area (TPSA) is 15.3 Å². The first-order chi connectivity index (χ1) is 6.84. The van der Waals surface area contributed by atoms with Gasteiger partial charge in [-0.05, 0) is 45.8 Å². The highest BCUT2D eigenvalue weighted by molar-refractivity contribution is 4.72. The molecule has 0 radical (unpaired) electrons. The smallest absolute Gasteiger partial charge is 0.0906 e. The zero-order valence-corrected chi connectivity index (χ0v) is 9.27. The number of likely N-dealkylation sites (tertiary alicyclic amines) is 1. The van der Waals surface area contributed by atoms with Gasteiger partial charge in [0.2, 0.25) is 0 Å². The Bertz CT molecular complexity index is 135. The van der Waals surface area contributed by atoms with Crippen LogP contribution in [0.1, 0.15) is 32.6 Å². The number of hydrogen-bond acceptors (Lipinski definition) is 2. The molecule has 1 unspecified atom stereocenters. The van der Waals surface area contributed by atoms with Crippen LogP contribution in [-0.4, -0.2) is 43.8 Å². The summed E-state index contributed by atoms with van der Waals surface area (Å²) in [5, 5.41) is 3.30. The number of piperidine rings is 1. The van der Waals surface area contributed by atoms with Gasteiger partial charge in [0.15, 0.2) is 0 Å². The van der Waals surface area contributed by atoms with Gasteiger partial charge in [-0.2, -0.15) is 0 Å². The number of nitrogens with zero attached hydrogens (tertiary/aromatic N) is 1. The Balaban J connectivity index is 2.04. The van der Waals surface area contributed by atoms with Crippen LogP contribution in [0.4, 0.5) is 4.39 Å². The van der Waals surface area contributed by atoms with Gasteiger partial charge in [0, 0.05) is 12.6 Å². The molecule has 1 aliphatic rings. The average Bonchev–Trinajstić information content (AvgIpc) is 2.25. The first kappa shape index (κ1) is 11.9. The monoisotopic (exact) mass is 202 g/mol. The van der Waals surface area contributed by atoms with Crippen LogP contribution in [0.2, 0.25) is 0 Å². The molecule has 0 aliphatic carbocycles. The summed E-state index contributed by atoms with van der Waals surface area (Å²) in [7, 11) is 0. The molecule has 1 heterocycles. The van der Waals surface area contributed by atoms with Gasteiger partial charge in [-0.15, -0.1) is 0 Å². The molecule has 1 aliphatic heterocycles. The van der Waals surface area contributed by atoms with Crippen LogP contribution in [0.3, 0.4) is 0 Å². The summed E-state index contributed by atoms with van der Waals surface area (Å²) in [6.07, 6.45) is 4.72. The van der Waals surface area contributed by atoms with Crippen LogP contribution in [0, 0.1) is 0 Å². The van der Waals surface area contributed by atoms with Crippen LogP contribution in [0.15, 0.2) is 0 Å². The van der Waals surface area contributed by atoms with Gasteiger partial charge in [0.1, 0.15) is 0 Å². The van der Waals surface area contributed by atoms with E-state index in [1.165, 1.54) is 32.4 Å². The largest absolute Gasteiger partial charge is 0.315 e. The third-order valence-electron chi connectivity index (χ3n) is 2.94. The lowest BCUT2D eigenvalue weighted by Gasteiger charge is -2.32. The number of halogens is 1. The minimum atomic E-state index is -0.203. The second-order valence-electron chi connectivity index (χ2n) is 4.19. The molecule has 84 valence electrons. The van der Waals surface area contributed by atoms with Crippen molar-refractivity contribution in [1.29, 1.82) is 0 Å². The Labute approximate surface area is 86.9 Å². The van der Waals surface area contributed by atoms with Crippen molar-refractivity contribution in [2.45, 2.75) is 38.6 Å². The fourth-order valence-corrected chi connectivity index (χ4v) is 1.99. The van der Waals surface area contributed by atoms with Crippen molar-refractivity contribution in [2.24, 2.45) is 0 Å². The standard InChI is InChI=1S/C11H23FN2/c1-11(10-13-7-5-6-12)14-8-3-2-4-9-14/h11,13H,2-10H2,1H3. The Kier molecular flexibility index (Phi) is 6.12.